The van der Waals surface area contributed by atoms with Crippen molar-refractivity contribution in [3.8, 4) is 0 Å². The predicted molar refractivity (Wildman–Crippen MR) is 79.4 cm³/mol. The lowest BCUT2D eigenvalue weighted by atomic mass is 10.1. The molecule has 106 valence electrons. The SMILES string of the molecule is C[C@@H](Cc1ccoc1)NS(=O)(=O)/C=C/c1ccccc1. The first kappa shape index (κ1) is 14.6. The Hall–Kier alpha value is -1.85. The number of hydrogen-bond acceptors (Lipinski definition) is 3. The van der Waals surface area contributed by atoms with E-state index >= 15 is 0 Å². The lowest BCUT2D eigenvalue weighted by Gasteiger charge is -2.10. The topological polar surface area (TPSA) is 59.3 Å². The summed E-state index contributed by atoms with van der Waals surface area (Å²) >= 11 is 0. The van der Waals surface area contributed by atoms with Gasteiger partial charge in [0, 0.05) is 11.4 Å². The van der Waals surface area contributed by atoms with Crippen molar-refractivity contribution in [1.82, 2.24) is 4.72 Å². The quantitative estimate of drug-likeness (QED) is 0.890. The zero-order valence-corrected chi connectivity index (χ0v) is 12.0. The molecule has 5 heteroatoms. The van der Waals surface area contributed by atoms with Crippen molar-refractivity contribution in [3.63, 3.8) is 0 Å². The minimum Gasteiger partial charge on any atom is -0.472 e. The van der Waals surface area contributed by atoms with Gasteiger partial charge in [0.05, 0.1) is 12.5 Å². The first-order chi connectivity index (χ1) is 9.55. The summed E-state index contributed by atoms with van der Waals surface area (Å²) in [5.74, 6) is 0. The van der Waals surface area contributed by atoms with Crippen LogP contribution in [-0.4, -0.2) is 14.5 Å². The van der Waals surface area contributed by atoms with Gasteiger partial charge in [0.25, 0.3) is 0 Å². The smallest absolute Gasteiger partial charge is 0.233 e. The highest BCUT2D eigenvalue weighted by Gasteiger charge is 2.12. The largest absolute Gasteiger partial charge is 0.472 e. The highest BCUT2D eigenvalue weighted by Crippen LogP contribution is 2.06. The fraction of sp³-hybridized carbons (Fsp3) is 0.200. The lowest BCUT2D eigenvalue weighted by Crippen LogP contribution is -2.32. The van der Waals surface area contributed by atoms with Crippen molar-refractivity contribution in [1.29, 1.82) is 0 Å². The molecule has 1 aromatic carbocycles. The van der Waals surface area contributed by atoms with E-state index < -0.39 is 10.0 Å². The molecule has 1 aromatic heterocycles. The summed E-state index contributed by atoms with van der Waals surface area (Å²) < 4.78 is 31.4. The van der Waals surface area contributed by atoms with E-state index in [1.807, 2.05) is 43.3 Å². The molecule has 0 saturated heterocycles. The summed E-state index contributed by atoms with van der Waals surface area (Å²) in [5.41, 5.74) is 1.81. The molecule has 1 N–H and O–H groups in total. The van der Waals surface area contributed by atoms with Crippen LogP contribution in [0, 0.1) is 0 Å². The van der Waals surface area contributed by atoms with Crippen molar-refractivity contribution in [2.24, 2.45) is 0 Å². The first-order valence-electron chi connectivity index (χ1n) is 6.32. The molecule has 0 aliphatic carbocycles. The summed E-state index contributed by atoms with van der Waals surface area (Å²) in [6.45, 7) is 1.82. The third-order valence-corrected chi connectivity index (χ3v) is 3.95. The number of sulfonamides is 1. The Bertz CT molecular complexity index is 646. The van der Waals surface area contributed by atoms with Crippen molar-refractivity contribution in [2.75, 3.05) is 0 Å². The molecule has 1 heterocycles. The molecular weight excluding hydrogens is 274 g/mol. The van der Waals surface area contributed by atoms with Gasteiger partial charge in [-0.05, 0) is 36.6 Å². The van der Waals surface area contributed by atoms with E-state index in [0.29, 0.717) is 6.42 Å². The number of benzene rings is 1. The Morgan fingerprint density at radius 3 is 2.65 bits per heavy atom. The number of hydrogen-bond donors (Lipinski definition) is 1. The average molecular weight is 291 g/mol. The minimum absolute atomic E-state index is 0.196. The Morgan fingerprint density at radius 1 is 1.25 bits per heavy atom. The molecule has 0 spiro atoms. The Morgan fingerprint density at radius 2 is 2.00 bits per heavy atom. The normalized spacial score (nSPS) is 13.7. The van der Waals surface area contributed by atoms with Crippen LogP contribution >= 0.6 is 0 Å². The second-order valence-electron chi connectivity index (χ2n) is 4.61. The molecule has 0 aliphatic heterocycles. The van der Waals surface area contributed by atoms with Crippen LogP contribution < -0.4 is 4.72 Å². The van der Waals surface area contributed by atoms with Crippen LogP contribution in [0.2, 0.25) is 0 Å². The zero-order valence-electron chi connectivity index (χ0n) is 11.2. The van der Waals surface area contributed by atoms with Crippen LogP contribution in [0.4, 0.5) is 0 Å². The summed E-state index contributed by atoms with van der Waals surface area (Å²) in [7, 11) is -3.44. The van der Waals surface area contributed by atoms with Crippen molar-refractivity contribution < 1.29 is 12.8 Å². The van der Waals surface area contributed by atoms with Gasteiger partial charge in [-0.3, -0.25) is 0 Å². The van der Waals surface area contributed by atoms with Crippen LogP contribution in [0.3, 0.4) is 0 Å². The summed E-state index contributed by atoms with van der Waals surface area (Å²) in [6.07, 6.45) is 5.36. The summed E-state index contributed by atoms with van der Waals surface area (Å²) in [5, 5.41) is 1.19. The van der Waals surface area contributed by atoms with Gasteiger partial charge in [0.1, 0.15) is 0 Å². The lowest BCUT2D eigenvalue weighted by molar-refractivity contribution is 0.553. The summed E-state index contributed by atoms with van der Waals surface area (Å²) in [6, 6.07) is 10.9. The molecule has 0 unspecified atom stereocenters. The Balaban J connectivity index is 1.95. The molecular formula is C15H17NO3S. The van der Waals surface area contributed by atoms with Crippen molar-refractivity contribution in [3.05, 3.63) is 65.5 Å². The molecule has 2 aromatic rings. The molecule has 0 aliphatic rings. The fourth-order valence-electron chi connectivity index (χ4n) is 1.86. The molecule has 0 fully saturated rings. The van der Waals surface area contributed by atoms with E-state index in [0.717, 1.165) is 11.1 Å². The van der Waals surface area contributed by atoms with E-state index in [4.69, 9.17) is 4.42 Å². The Labute approximate surface area is 119 Å². The van der Waals surface area contributed by atoms with E-state index in [-0.39, 0.29) is 6.04 Å². The van der Waals surface area contributed by atoms with Gasteiger partial charge < -0.3 is 4.42 Å². The Kier molecular flexibility index (Phi) is 4.76. The second kappa shape index (κ2) is 6.54. The van der Waals surface area contributed by atoms with Gasteiger partial charge >= 0.3 is 0 Å². The maximum atomic E-state index is 11.9. The van der Waals surface area contributed by atoms with E-state index in [2.05, 4.69) is 4.72 Å². The molecule has 20 heavy (non-hydrogen) atoms. The molecule has 0 saturated carbocycles. The van der Waals surface area contributed by atoms with Crippen molar-refractivity contribution in [2.45, 2.75) is 19.4 Å². The standard InChI is InChI=1S/C15H17NO3S/c1-13(11-15-7-9-19-12-15)16-20(17,18)10-8-14-5-3-2-4-6-14/h2-10,12-13,16H,11H2,1H3/b10-8+/t13-/m0/s1. The summed E-state index contributed by atoms with van der Waals surface area (Å²) in [4.78, 5) is 0. The van der Waals surface area contributed by atoms with E-state index in [9.17, 15) is 8.42 Å². The third kappa shape index (κ3) is 4.68. The van der Waals surface area contributed by atoms with Gasteiger partial charge in [0.2, 0.25) is 10.0 Å². The molecule has 2 rings (SSSR count). The fourth-order valence-corrected chi connectivity index (χ4v) is 2.92. The predicted octanol–water partition coefficient (Wildman–Crippen LogP) is 2.80. The minimum atomic E-state index is -3.44. The van der Waals surface area contributed by atoms with Crippen LogP contribution in [-0.2, 0) is 16.4 Å². The van der Waals surface area contributed by atoms with Crippen molar-refractivity contribution >= 4 is 16.1 Å². The highest BCUT2D eigenvalue weighted by molar-refractivity contribution is 7.92. The molecule has 4 nitrogen and oxygen atoms in total. The van der Waals surface area contributed by atoms with Crippen LogP contribution in [0.1, 0.15) is 18.1 Å². The van der Waals surface area contributed by atoms with Gasteiger partial charge in [-0.25, -0.2) is 13.1 Å². The van der Waals surface area contributed by atoms with Gasteiger partial charge in [-0.15, -0.1) is 0 Å². The third-order valence-electron chi connectivity index (χ3n) is 2.73. The van der Waals surface area contributed by atoms with Gasteiger partial charge in [-0.2, -0.15) is 0 Å². The van der Waals surface area contributed by atoms with E-state index in [1.54, 1.807) is 18.6 Å². The number of furan rings is 1. The highest BCUT2D eigenvalue weighted by atomic mass is 32.2. The van der Waals surface area contributed by atoms with Crippen LogP contribution in [0.25, 0.3) is 6.08 Å². The van der Waals surface area contributed by atoms with E-state index in [1.165, 1.54) is 5.41 Å². The molecule has 0 bridgehead atoms. The number of rotatable bonds is 6. The second-order valence-corrected chi connectivity index (χ2v) is 6.21. The molecule has 1 atom stereocenters. The van der Waals surface area contributed by atoms with Crippen LogP contribution in [0.5, 0.6) is 0 Å². The van der Waals surface area contributed by atoms with Crippen LogP contribution in [0.15, 0.2) is 58.7 Å². The average Bonchev–Trinajstić information content (AvgIpc) is 2.90. The monoisotopic (exact) mass is 291 g/mol. The zero-order chi connectivity index (χ0) is 14.4. The maximum absolute atomic E-state index is 11.9. The van der Waals surface area contributed by atoms with Gasteiger partial charge in [0.15, 0.2) is 0 Å². The molecule has 0 amide bonds. The first-order valence-corrected chi connectivity index (χ1v) is 7.86. The van der Waals surface area contributed by atoms with Gasteiger partial charge in [-0.1, -0.05) is 30.3 Å². The maximum Gasteiger partial charge on any atom is 0.233 e. The molecule has 0 radical (unpaired) electrons. The number of nitrogens with one attached hydrogen (secondary N) is 1.